The van der Waals surface area contributed by atoms with Crippen molar-refractivity contribution in [1.82, 2.24) is 0 Å². The van der Waals surface area contributed by atoms with Crippen LogP contribution in [0.3, 0.4) is 0 Å². The average Bonchev–Trinajstić information content (AvgIpc) is 1.86. The molecule has 1 aromatic carbocycles. The molecule has 11 heavy (non-hydrogen) atoms. The monoisotopic (exact) mass is 176 g/mol. The van der Waals surface area contributed by atoms with Gasteiger partial charge in [0.05, 0.1) is 0 Å². The van der Waals surface area contributed by atoms with Gasteiger partial charge in [-0.05, 0) is 0 Å². The summed E-state index contributed by atoms with van der Waals surface area (Å²) in [5.74, 6) is 0. The maximum atomic E-state index is 8.75. The van der Waals surface area contributed by atoms with Gasteiger partial charge in [-0.1, -0.05) is 0 Å². The first-order chi connectivity index (χ1) is 4.86. The van der Waals surface area contributed by atoms with E-state index < -0.39 is 7.51 Å². The molecule has 0 fully saturated rings. The number of benzene rings is 1. The van der Waals surface area contributed by atoms with Crippen LogP contribution in [0.2, 0.25) is 0 Å². The molecule has 1 rings (SSSR count). The third-order valence-electron chi connectivity index (χ3n) is 1.22. The van der Waals surface area contributed by atoms with Crippen LogP contribution >= 0.6 is 7.51 Å². The van der Waals surface area contributed by atoms with E-state index in [1.54, 1.807) is 6.07 Å². The molecular formula is C6H9O4P. The molecule has 0 radical (unpaired) electrons. The van der Waals surface area contributed by atoms with Crippen LogP contribution in [-0.2, 0) is 0 Å². The van der Waals surface area contributed by atoms with Gasteiger partial charge in [0.25, 0.3) is 0 Å². The second-order valence-corrected chi connectivity index (χ2v) is 4.66. The third kappa shape index (κ3) is 2.22. The van der Waals surface area contributed by atoms with Gasteiger partial charge in [0.2, 0.25) is 0 Å². The van der Waals surface area contributed by atoms with Crippen molar-refractivity contribution in [2.24, 2.45) is 0 Å². The molecule has 62 valence electrons. The van der Waals surface area contributed by atoms with E-state index in [0.29, 0.717) is 0 Å². The molecule has 4 N–H and O–H groups in total. The van der Waals surface area contributed by atoms with Gasteiger partial charge in [-0.25, -0.2) is 0 Å². The molecule has 1 aromatic rings. The first-order valence-corrected chi connectivity index (χ1v) is 4.98. The topological polar surface area (TPSA) is 80.9 Å². The van der Waals surface area contributed by atoms with Crippen molar-refractivity contribution >= 4 is 12.8 Å². The Morgan fingerprint density at radius 1 is 0.818 bits per heavy atom. The molecule has 0 atom stereocenters. The van der Waals surface area contributed by atoms with Gasteiger partial charge < -0.3 is 0 Å². The van der Waals surface area contributed by atoms with E-state index in [-0.39, 0.29) is 5.30 Å². The molecule has 0 aliphatic heterocycles. The fourth-order valence-electron chi connectivity index (χ4n) is 0.695. The molecule has 0 aliphatic carbocycles. The van der Waals surface area contributed by atoms with Crippen LogP contribution in [0.1, 0.15) is 0 Å². The fourth-order valence-corrected chi connectivity index (χ4v) is 1.40. The molecule has 0 saturated heterocycles. The zero-order valence-electron chi connectivity index (χ0n) is 5.62. The van der Waals surface area contributed by atoms with Gasteiger partial charge in [0.15, 0.2) is 0 Å². The summed E-state index contributed by atoms with van der Waals surface area (Å²) >= 11 is 0. The summed E-state index contributed by atoms with van der Waals surface area (Å²) in [5, 5.41) is -0.265. The Labute approximate surface area is 63.6 Å². The second-order valence-electron chi connectivity index (χ2n) is 2.27. The summed E-state index contributed by atoms with van der Waals surface area (Å²) in [6, 6.07) is 7.06. The quantitative estimate of drug-likeness (QED) is 0.434. The zero-order valence-corrected chi connectivity index (χ0v) is 6.52. The number of hydrogen-bond donors (Lipinski definition) is 4. The summed E-state index contributed by atoms with van der Waals surface area (Å²) in [6.45, 7) is 0. The van der Waals surface area contributed by atoms with E-state index in [4.69, 9.17) is 19.6 Å². The van der Waals surface area contributed by atoms with E-state index in [2.05, 4.69) is 0 Å². The Balaban J connectivity index is 3.14. The molecule has 4 nitrogen and oxygen atoms in total. The Kier molecular flexibility index (Phi) is 1.75. The Morgan fingerprint density at radius 3 is 1.55 bits per heavy atom. The first-order valence-electron chi connectivity index (χ1n) is 2.93. The second kappa shape index (κ2) is 2.24. The predicted molar refractivity (Wildman–Crippen MR) is 41.9 cm³/mol. The SMILES string of the molecule is OP(O)(O)(O)c1ccccc1. The van der Waals surface area contributed by atoms with Gasteiger partial charge >= 0.3 is 62.7 Å². The Hall–Kier alpha value is -0.510. The van der Waals surface area contributed by atoms with Crippen LogP contribution in [0.5, 0.6) is 0 Å². The van der Waals surface area contributed by atoms with Gasteiger partial charge in [-0.15, -0.1) is 0 Å². The minimum atomic E-state index is -5.49. The van der Waals surface area contributed by atoms with Gasteiger partial charge in [-0.3, -0.25) is 0 Å². The molecule has 0 heterocycles. The number of rotatable bonds is 1. The van der Waals surface area contributed by atoms with Gasteiger partial charge in [-0.2, -0.15) is 0 Å². The van der Waals surface area contributed by atoms with Crippen molar-refractivity contribution in [3.05, 3.63) is 30.3 Å². The van der Waals surface area contributed by atoms with Crippen molar-refractivity contribution in [2.75, 3.05) is 0 Å². The van der Waals surface area contributed by atoms with Gasteiger partial charge in [0, 0.05) is 0 Å². The normalized spacial score (nSPS) is 15.5. The molecule has 0 unspecified atom stereocenters. The van der Waals surface area contributed by atoms with Crippen molar-refractivity contribution in [1.29, 1.82) is 0 Å². The number of hydrogen-bond acceptors (Lipinski definition) is 4. The Morgan fingerprint density at radius 2 is 1.27 bits per heavy atom. The molecule has 0 aromatic heterocycles. The fraction of sp³-hybridized carbons (Fsp3) is 0. The summed E-state index contributed by atoms with van der Waals surface area (Å²) in [6.07, 6.45) is 0. The van der Waals surface area contributed by atoms with E-state index in [1.807, 2.05) is 0 Å². The zero-order chi connectivity index (χ0) is 8.56. The minimum absolute atomic E-state index is 0.265. The van der Waals surface area contributed by atoms with Crippen LogP contribution in [-0.4, -0.2) is 19.6 Å². The van der Waals surface area contributed by atoms with E-state index in [9.17, 15) is 0 Å². The summed E-state index contributed by atoms with van der Waals surface area (Å²) in [7, 11) is -5.49. The van der Waals surface area contributed by atoms with Crippen LogP contribution in [0.15, 0.2) is 30.3 Å². The average molecular weight is 176 g/mol. The molecule has 0 saturated carbocycles. The molecule has 0 amide bonds. The summed E-state index contributed by atoms with van der Waals surface area (Å²) < 4.78 is 0. The summed E-state index contributed by atoms with van der Waals surface area (Å²) in [5.41, 5.74) is 0. The van der Waals surface area contributed by atoms with Crippen molar-refractivity contribution in [3.8, 4) is 0 Å². The molecule has 5 heteroatoms. The van der Waals surface area contributed by atoms with Crippen molar-refractivity contribution < 1.29 is 19.6 Å². The van der Waals surface area contributed by atoms with Crippen LogP contribution in [0, 0.1) is 0 Å². The van der Waals surface area contributed by atoms with Crippen LogP contribution < -0.4 is 5.30 Å². The maximum absolute atomic E-state index is 8.75. The third-order valence-corrected chi connectivity index (χ3v) is 2.44. The van der Waals surface area contributed by atoms with Crippen LogP contribution in [0.4, 0.5) is 0 Å². The van der Waals surface area contributed by atoms with E-state index in [0.717, 1.165) is 0 Å². The van der Waals surface area contributed by atoms with Crippen molar-refractivity contribution in [2.45, 2.75) is 0 Å². The molecule has 0 spiro atoms. The van der Waals surface area contributed by atoms with E-state index in [1.165, 1.54) is 24.3 Å². The first kappa shape index (κ1) is 8.59. The van der Waals surface area contributed by atoms with Crippen LogP contribution in [0.25, 0.3) is 0 Å². The van der Waals surface area contributed by atoms with E-state index >= 15 is 0 Å². The summed E-state index contributed by atoms with van der Waals surface area (Å²) in [4.78, 5) is 35.0. The molecule has 0 aliphatic rings. The molecule has 0 bridgehead atoms. The predicted octanol–water partition coefficient (Wildman–Crippen LogP) is -0.506. The molecular weight excluding hydrogens is 167 g/mol. The van der Waals surface area contributed by atoms with Gasteiger partial charge in [0.1, 0.15) is 0 Å². The Bertz CT molecular complexity index is 241. The van der Waals surface area contributed by atoms with Crippen molar-refractivity contribution in [3.63, 3.8) is 0 Å². The standard InChI is InChI=1S/C6H9O4P/c7-11(8,9,10)6-4-2-1-3-5-6/h1-5,7-10H.